The van der Waals surface area contributed by atoms with Crippen LogP contribution in [0.3, 0.4) is 0 Å². The van der Waals surface area contributed by atoms with Crippen LogP contribution in [0.2, 0.25) is 10.0 Å². The Balaban J connectivity index is 0.000000209. The van der Waals surface area contributed by atoms with Crippen molar-refractivity contribution in [3.05, 3.63) is 103 Å². The summed E-state index contributed by atoms with van der Waals surface area (Å²) >= 11 is 12.6. The van der Waals surface area contributed by atoms with E-state index in [1.807, 2.05) is 0 Å². The Morgan fingerprint density at radius 3 is 1.52 bits per heavy atom. The number of carbonyl (C=O) groups is 4. The van der Waals surface area contributed by atoms with E-state index >= 15 is 0 Å². The molecule has 2 saturated carbocycles. The normalized spacial score (nSPS) is 18.5. The average molecular weight is 1020 g/mol. The van der Waals surface area contributed by atoms with Crippen LogP contribution in [-0.4, -0.2) is 115 Å². The molecule has 4 aliphatic rings. The molecule has 2 saturated heterocycles. The Kier molecular flexibility index (Phi) is 18.8. The van der Waals surface area contributed by atoms with Gasteiger partial charge in [-0.05, 0) is 94.7 Å². The first-order chi connectivity index (χ1) is 34.1. The summed E-state index contributed by atoms with van der Waals surface area (Å²) in [5.41, 5.74) is -0.596. The number of nitrogens with one attached hydrogen (secondary N) is 4. The van der Waals surface area contributed by atoms with E-state index in [1.54, 1.807) is 61.9 Å². The first-order valence-corrected chi connectivity index (χ1v) is 25.8. The van der Waals surface area contributed by atoms with E-state index in [9.17, 15) is 39.0 Å². The molecule has 0 radical (unpaired) electrons. The molecule has 0 unspecified atom stereocenters. The second-order valence-electron chi connectivity index (χ2n) is 19.5. The number of hydrogen-bond donors (Lipinski definition) is 6. The topological polar surface area (TPSA) is 229 Å². The van der Waals surface area contributed by atoms with Crippen LogP contribution in [0.1, 0.15) is 129 Å². The van der Waals surface area contributed by atoms with Crippen molar-refractivity contribution >= 4 is 46.8 Å². The molecule has 4 heterocycles. The van der Waals surface area contributed by atoms with E-state index < -0.39 is 28.7 Å². The van der Waals surface area contributed by atoms with E-state index in [4.69, 9.17) is 32.7 Å². The molecule has 0 spiro atoms. The number of nitrogens with zero attached hydrogens (tertiary/aromatic N) is 4. The molecular weight excluding hydrogens is 956 g/mol. The zero-order valence-corrected chi connectivity index (χ0v) is 42.0. The molecule has 71 heavy (non-hydrogen) atoms. The van der Waals surface area contributed by atoms with E-state index in [0.29, 0.717) is 69.2 Å². The molecule has 2 aliphatic heterocycles. The molecule has 2 aromatic heterocycles. The standard InChI is InChI=1S/C26H35ClN4O5.C25H33ClN4O5/c1-18-15-31(25(34)30(18)16-23(32)29-19-8-12-36-13-9-19)20-6-7-22(27)21(14-20)24(33)28-17-26(35)10-4-2-3-5-11-26;26-21-6-5-19(15-20(21)23(32)27-17-25(34)9-3-1-2-4-10-25)30-12-11-29(24(30)33)16-22(31)28-18-7-13-35-14-8-18/h6-7,14-15,19,35H,2-5,8-13,16-17H2,1H3,(H,28,33)(H,29,32);5-6,11-12,15,18,34H,1-4,7-10,13-14,16-17H2,(H,27,32)(H,28,31). The molecule has 2 aliphatic carbocycles. The van der Waals surface area contributed by atoms with Crippen LogP contribution in [0.5, 0.6) is 0 Å². The number of aryl methyl sites for hydroxylation is 1. The molecule has 6 N–H and O–H groups in total. The summed E-state index contributed by atoms with van der Waals surface area (Å²) < 4.78 is 16.1. The van der Waals surface area contributed by atoms with Gasteiger partial charge in [-0.1, -0.05) is 74.6 Å². The first kappa shape index (κ1) is 53.6. The molecule has 0 atom stereocenters. The van der Waals surface area contributed by atoms with E-state index in [-0.39, 0.29) is 76.9 Å². The number of benzene rings is 2. The van der Waals surface area contributed by atoms with Gasteiger partial charge < -0.3 is 41.0 Å². The van der Waals surface area contributed by atoms with Crippen LogP contribution in [0.4, 0.5) is 0 Å². The molecule has 4 amide bonds. The Hall–Kier alpha value is -5.24. The van der Waals surface area contributed by atoms with Gasteiger partial charge in [0.25, 0.3) is 11.8 Å². The van der Waals surface area contributed by atoms with Crippen molar-refractivity contribution in [2.75, 3.05) is 39.5 Å². The minimum atomic E-state index is -0.910. The van der Waals surface area contributed by atoms with Crippen LogP contribution in [0, 0.1) is 6.92 Å². The van der Waals surface area contributed by atoms with Gasteiger partial charge in [-0.15, -0.1) is 0 Å². The number of halogens is 2. The van der Waals surface area contributed by atoms with Gasteiger partial charge in [0.2, 0.25) is 11.8 Å². The summed E-state index contributed by atoms with van der Waals surface area (Å²) in [7, 11) is 0. The fourth-order valence-electron chi connectivity index (χ4n) is 9.71. The third-order valence-electron chi connectivity index (χ3n) is 14.0. The maximum atomic E-state index is 13.2. The van der Waals surface area contributed by atoms with Crippen LogP contribution in [-0.2, 0) is 32.2 Å². The number of ether oxygens (including phenoxy) is 2. The average Bonchev–Trinajstić information content (AvgIpc) is 3.61. The first-order valence-electron chi connectivity index (χ1n) is 25.0. The molecule has 2 aromatic carbocycles. The van der Waals surface area contributed by atoms with Crippen molar-refractivity contribution in [1.29, 1.82) is 0 Å². The SMILES string of the molecule is Cc1cn(-c2ccc(Cl)c(C(=O)NCC3(O)CCCCCC3)c2)c(=O)n1CC(=O)NC1CCOCC1.O=C(Cn1ccn(-c2ccc(Cl)c(C(=O)NCC3(O)CCCCCC3)c2)c1=O)NC1CCOCC1. The lowest BCUT2D eigenvalue weighted by Crippen LogP contribution is -2.42. The Morgan fingerprint density at radius 2 is 1.06 bits per heavy atom. The van der Waals surface area contributed by atoms with Crippen LogP contribution in [0.25, 0.3) is 11.4 Å². The zero-order chi connectivity index (χ0) is 50.5. The number of aromatic nitrogens is 4. The van der Waals surface area contributed by atoms with E-state index in [1.165, 1.54) is 18.3 Å². The smallest absolute Gasteiger partial charge is 0.333 e. The summed E-state index contributed by atoms with van der Waals surface area (Å²) in [6, 6.07) is 9.65. The van der Waals surface area contributed by atoms with Gasteiger partial charge in [0.1, 0.15) is 13.1 Å². The number of rotatable bonds is 14. The largest absolute Gasteiger partial charge is 0.388 e. The highest BCUT2D eigenvalue weighted by Crippen LogP contribution is 2.29. The highest BCUT2D eigenvalue weighted by Gasteiger charge is 2.31. The quantitative estimate of drug-likeness (QED) is 0.0915. The Morgan fingerprint density at radius 1 is 0.620 bits per heavy atom. The summed E-state index contributed by atoms with van der Waals surface area (Å²) in [6.45, 7) is 4.36. The van der Waals surface area contributed by atoms with Gasteiger partial charge >= 0.3 is 11.4 Å². The second-order valence-corrected chi connectivity index (χ2v) is 20.3. The summed E-state index contributed by atoms with van der Waals surface area (Å²) in [5, 5.41) is 33.7. The molecular formula is C51H68Cl2N8O10. The van der Waals surface area contributed by atoms with Gasteiger partial charge in [0.15, 0.2) is 0 Å². The van der Waals surface area contributed by atoms with E-state index in [2.05, 4.69) is 21.3 Å². The van der Waals surface area contributed by atoms with Gasteiger partial charge in [0, 0.05) is 75.9 Å². The maximum Gasteiger partial charge on any atom is 0.333 e. The molecule has 18 nitrogen and oxygen atoms in total. The predicted octanol–water partition coefficient (Wildman–Crippen LogP) is 5.11. The fraction of sp³-hybridized carbons (Fsp3) is 0.569. The zero-order valence-electron chi connectivity index (χ0n) is 40.5. The van der Waals surface area contributed by atoms with Gasteiger partial charge in [-0.2, -0.15) is 0 Å². The maximum absolute atomic E-state index is 13.2. The molecule has 0 bridgehead atoms. The number of imidazole rings is 2. The number of amides is 4. The molecule has 4 fully saturated rings. The Bertz CT molecular complexity index is 2590. The second kappa shape index (κ2) is 24.9. The lowest BCUT2D eigenvalue weighted by molar-refractivity contribution is -0.123. The molecule has 4 aromatic rings. The highest BCUT2D eigenvalue weighted by atomic mass is 35.5. The summed E-state index contributed by atoms with van der Waals surface area (Å²) in [5.74, 6) is -1.26. The van der Waals surface area contributed by atoms with E-state index in [0.717, 1.165) is 77.0 Å². The minimum Gasteiger partial charge on any atom is -0.388 e. The van der Waals surface area contributed by atoms with Crippen molar-refractivity contribution in [1.82, 2.24) is 39.5 Å². The number of aliphatic hydroxyl groups is 2. The van der Waals surface area contributed by atoms with Gasteiger partial charge in [-0.3, -0.25) is 37.4 Å². The highest BCUT2D eigenvalue weighted by molar-refractivity contribution is 6.34. The molecule has 386 valence electrons. The van der Waals surface area contributed by atoms with Crippen LogP contribution < -0.4 is 32.6 Å². The van der Waals surface area contributed by atoms with Crippen molar-refractivity contribution < 1.29 is 38.9 Å². The third kappa shape index (κ3) is 14.7. The van der Waals surface area contributed by atoms with Gasteiger partial charge in [-0.25, -0.2) is 9.59 Å². The predicted molar refractivity (Wildman–Crippen MR) is 269 cm³/mol. The lowest BCUT2D eigenvalue weighted by atomic mass is 9.94. The Labute approximate surface area is 423 Å². The van der Waals surface area contributed by atoms with Crippen molar-refractivity contribution in [3.63, 3.8) is 0 Å². The van der Waals surface area contributed by atoms with Gasteiger partial charge in [0.05, 0.1) is 43.7 Å². The van der Waals surface area contributed by atoms with Crippen molar-refractivity contribution in [3.8, 4) is 11.4 Å². The molecule has 8 rings (SSSR count). The molecule has 20 heteroatoms. The van der Waals surface area contributed by atoms with Crippen LogP contribution >= 0.6 is 23.2 Å². The number of carbonyl (C=O) groups excluding carboxylic acids is 4. The van der Waals surface area contributed by atoms with Crippen LogP contribution in [0.15, 0.2) is 64.6 Å². The number of hydrogen-bond acceptors (Lipinski definition) is 10. The summed E-state index contributed by atoms with van der Waals surface area (Å²) in [4.78, 5) is 76.9. The fourth-order valence-corrected chi connectivity index (χ4v) is 10.1. The lowest BCUT2D eigenvalue weighted by Gasteiger charge is -2.27. The third-order valence-corrected chi connectivity index (χ3v) is 14.6. The summed E-state index contributed by atoms with van der Waals surface area (Å²) in [6.07, 6.45) is 18.5. The minimum absolute atomic E-state index is 0.0535. The van der Waals surface area contributed by atoms with Crippen molar-refractivity contribution in [2.24, 2.45) is 0 Å². The van der Waals surface area contributed by atoms with Crippen molar-refractivity contribution in [2.45, 2.75) is 146 Å². The monoisotopic (exact) mass is 1020 g/mol.